The SMILES string of the molecule is COc1cc(CNc2ccc(C(=O)O)cc2)cc(Br)c1OCc1ccc(Cl)c(Cl)c1. The summed E-state index contributed by atoms with van der Waals surface area (Å²) >= 11 is 15.6. The van der Waals surface area contributed by atoms with Gasteiger partial charge in [-0.2, -0.15) is 0 Å². The molecule has 8 heteroatoms. The molecule has 3 aromatic carbocycles. The summed E-state index contributed by atoms with van der Waals surface area (Å²) in [5.74, 6) is 0.215. The zero-order valence-corrected chi connectivity index (χ0v) is 19.0. The van der Waals surface area contributed by atoms with Gasteiger partial charge in [-0.3, -0.25) is 0 Å². The first-order valence-electron chi connectivity index (χ1n) is 8.87. The highest BCUT2D eigenvalue weighted by Gasteiger charge is 2.13. The topological polar surface area (TPSA) is 67.8 Å². The van der Waals surface area contributed by atoms with E-state index in [9.17, 15) is 4.79 Å². The lowest BCUT2D eigenvalue weighted by molar-refractivity contribution is 0.0697. The zero-order valence-electron chi connectivity index (χ0n) is 15.9. The van der Waals surface area contributed by atoms with Crippen LogP contribution in [-0.2, 0) is 13.2 Å². The Morgan fingerprint density at radius 1 is 1.03 bits per heavy atom. The molecule has 0 aliphatic carbocycles. The molecule has 0 aliphatic rings. The highest BCUT2D eigenvalue weighted by molar-refractivity contribution is 9.10. The van der Waals surface area contributed by atoms with Crippen molar-refractivity contribution in [2.45, 2.75) is 13.2 Å². The summed E-state index contributed by atoms with van der Waals surface area (Å²) < 4.78 is 12.2. The van der Waals surface area contributed by atoms with Crippen LogP contribution in [0.3, 0.4) is 0 Å². The van der Waals surface area contributed by atoms with Crippen LogP contribution in [0.4, 0.5) is 5.69 Å². The Morgan fingerprint density at radius 3 is 2.40 bits per heavy atom. The Bertz CT molecular complexity index is 1060. The van der Waals surface area contributed by atoms with E-state index in [1.165, 1.54) is 0 Å². The number of aromatic carboxylic acids is 1. The van der Waals surface area contributed by atoms with Crippen molar-refractivity contribution < 1.29 is 19.4 Å². The number of hydrogen-bond acceptors (Lipinski definition) is 4. The second-order valence-corrected chi connectivity index (χ2v) is 8.05. The van der Waals surface area contributed by atoms with E-state index in [1.807, 2.05) is 18.2 Å². The van der Waals surface area contributed by atoms with E-state index in [-0.39, 0.29) is 5.56 Å². The summed E-state index contributed by atoms with van der Waals surface area (Å²) in [6.07, 6.45) is 0. The van der Waals surface area contributed by atoms with Crippen molar-refractivity contribution in [3.8, 4) is 11.5 Å². The summed E-state index contributed by atoms with van der Waals surface area (Å²) in [6.45, 7) is 0.827. The fourth-order valence-corrected chi connectivity index (χ4v) is 3.66. The molecule has 0 unspecified atom stereocenters. The van der Waals surface area contributed by atoms with Crippen molar-refractivity contribution in [1.82, 2.24) is 0 Å². The minimum Gasteiger partial charge on any atom is -0.493 e. The zero-order chi connectivity index (χ0) is 21.7. The van der Waals surface area contributed by atoms with Gasteiger partial charge in [0.15, 0.2) is 11.5 Å². The predicted octanol–water partition coefficient (Wildman–Crippen LogP) is 6.65. The molecule has 30 heavy (non-hydrogen) atoms. The molecule has 0 bridgehead atoms. The molecule has 0 fully saturated rings. The maximum atomic E-state index is 10.9. The first kappa shape index (κ1) is 22.3. The molecule has 0 saturated heterocycles. The van der Waals surface area contributed by atoms with Gasteiger partial charge in [-0.15, -0.1) is 0 Å². The molecule has 0 atom stereocenters. The van der Waals surface area contributed by atoms with Gasteiger partial charge in [-0.05, 0) is 75.6 Å². The van der Waals surface area contributed by atoms with E-state index < -0.39 is 5.97 Å². The summed E-state index contributed by atoms with van der Waals surface area (Å²) in [6, 6.07) is 15.7. The number of carboxylic acid groups (broad SMARTS) is 1. The molecule has 156 valence electrons. The quantitative estimate of drug-likeness (QED) is 0.355. The van der Waals surface area contributed by atoms with E-state index >= 15 is 0 Å². The number of rotatable bonds is 8. The number of anilines is 1. The lowest BCUT2D eigenvalue weighted by atomic mass is 10.1. The first-order valence-corrected chi connectivity index (χ1v) is 10.4. The Labute approximate surface area is 192 Å². The molecule has 0 aromatic heterocycles. The predicted molar refractivity (Wildman–Crippen MR) is 122 cm³/mol. The Kier molecular flexibility index (Phi) is 7.48. The lowest BCUT2D eigenvalue weighted by Crippen LogP contribution is -2.03. The van der Waals surface area contributed by atoms with Gasteiger partial charge in [0.25, 0.3) is 0 Å². The van der Waals surface area contributed by atoms with E-state index in [2.05, 4.69) is 21.2 Å². The van der Waals surface area contributed by atoms with Gasteiger partial charge in [-0.25, -0.2) is 4.79 Å². The summed E-state index contributed by atoms with van der Waals surface area (Å²) in [4.78, 5) is 10.9. The highest BCUT2D eigenvalue weighted by atomic mass is 79.9. The minimum atomic E-state index is -0.952. The lowest BCUT2D eigenvalue weighted by Gasteiger charge is -2.15. The Morgan fingerprint density at radius 2 is 1.77 bits per heavy atom. The van der Waals surface area contributed by atoms with Gasteiger partial charge in [0.2, 0.25) is 0 Å². The second-order valence-electron chi connectivity index (χ2n) is 6.38. The average Bonchev–Trinajstić information content (AvgIpc) is 2.73. The molecule has 2 N–H and O–H groups in total. The van der Waals surface area contributed by atoms with Crippen LogP contribution in [-0.4, -0.2) is 18.2 Å². The summed E-state index contributed by atoms with van der Waals surface area (Å²) in [5, 5.41) is 13.2. The third kappa shape index (κ3) is 5.59. The molecule has 0 aliphatic heterocycles. The third-order valence-electron chi connectivity index (χ3n) is 4.28. The van der Waals surface area contributed by atoms with Crippen molar-refractivity contribution >= 4 is 50.8 Å². The van der Waals surface area contributed by atoms with Crippen molar-refractivity contribution in [3.63, 3.8) is 0 Å². The summed E-state index contributed by atoms with van der Waals surface area (Å²) in [5.41, 5.74) is 2.90. The van der Waals surface area contributed by atoms with E-state index in [0.29, 0.717) is 34.7 Å². The molecule has 0 heterocycles. The molecule has 0 saturated carbocycles. The van der Waals surface area contributed by atoms with E-state index in [0.717, 1.165) is 21.3 Å². The number of hydrogen-bond donors (Lipinski definition) is 2. The monoisotopic (exact) mass is 509 g/mol. The molecule has 0 spiro atoms. The Balaban J connectivity index is 1.69. The van der Waals surface area contributed by atoms with Crippen molar-refractivity contribution in [2.75, 3.05) is 12.4 Å². The molecule has 5 nitrogen and oxygen atoms in total. The number of nitrogens with one attached hydrogen (secondary N) is 1. The number of benzene rings is 3. The largest absolute Gasteiger partial charge is 0.493 e. The van der Waals surface area contributed by atoms with E-state index in [4.69, 9.17) is 37.8 Å². The fraction of sp³-hybridized carbons (Fsp3) is 0.136. The number of ether oxygens (including phenoxy) is 2. The maximum Gasteiger partial charge on any atom is 0.335 e. The van der Waals surface area contributed by atoms with Crippen molar-refractivity contribution in [3.05, 3.63) is 85.8 Å². The highest BCUT2D eigenvalue weighted by Crippen LogP contribution is 2.37. The first-order chi connectivity index (χ1) is 14.4. The molecule has 0 radical (unpaired) electrons. The van der Waals surface area contributed by atoms with Crippen LogP contribution in [0.1, 0.15) is 21.5 Å². The molecular weight excluding hydrogens is 493 g/mol. The van der Waals surface area contributed by atoms with Crippen LogP contribution in [0.25, 0.3) is 0 Å². The molecule has 3 aromatic rings. The van der Waals surface area contributed by atoms with Crippen LogP contribution in [0.15, 0.2) is 59.1 Å². The van der Waals surface area contributed by atoms with Crippen LogP contribution in [0, 0.1) is 0 Å². The summed E-state index contributed by atoms with van der Waals surface area (Å²) in [7, 11) is 1.58. The number of halogens is 3. The Hall–Kier alpha value is -2.41. The van der Waals surface area contributed by atoms with E-state index in [1.54, 1.807) is 43.5 Å². The van der Waals surface area contributed by atoms with Gasteiger partial charge in [0.05, 0.1) is 27.2 Å². The molecule has 3 rings (SSSR count). The van der Waals surface area contributed by atoms with Gasteiger partial charge < -0.3 is 19.9 Å². The van der Waals surface area contributed by atoms with Crippen LogP contribution in [0.5, 0.6) is 11.5 Å². The van der Waals surface area contributed by atoms with Gasteiger partial charge in [0.1, 0.15) is 6.61 Å². The number of methoxy groups -OCH3 is 1. The smallest absolute Gasteiger partial charge is 0.335 e. The van der Waals surface area contributed by atoms with Gasteiger partial charge in [-0.1, -0.05) is 29.3 Å². The minimum absolute atomic E-state index is 0.244. The van der Waals surface area contributed by atoms with Gasteiger partial charge >= 0.3 is 5.97 Å². The normalized spacial score (nSPS) is 10.5. The molecular formula is C22H18BrCl2NO4. The number of carbonyl (C=O) groups is 1. The number of carboxylic acids is 1. The molecule has 0 amide bonds. The van der Waals surface area contributed by atoms with Crippen LogP contribution >= 0.6 is 39.1 Å². The average molecular weight is 511 g/mol. The van der Waals surface area contributed by atoms with Crippen molar-refractivity contribution in [2.24, 2.45) is 0 Å². The van der Waals surface area contributed by atoms with Crippen LogP contribution < -0.4 is 14.8 Å². The third-order valence-corrected chi connectivity index (χ3v) is 5.61. The van der Waals surface area contributed by atoms with Gasteiger partial charge in [0, 0.05) is 12.2 Å². The van der Waals surface area contributed by atoms with Crippen molar-refractivity contribution in [1.29, 1.82) is 0 Å². The standard InChI is InChI=1S/C22H18BrCl2NO4/c1-29-20-10-14(11-26-16-5-3-15(4-6-16)22(27)28)8-17(23)21(20)30-12-13-2-7-18(24)19(25)9-13/h2-10,26H,11-12H2,1H3,(H,27,28). The maximum absolute atomic E-state index is 10.9. The van der Waals surface area contributed by atoms with Crippen LogP contribution in [0.2, 0.25) is 10.0 Å². The second kappa shape index (κ2) is 10.1. The fourth-order valence-electron chi connectivity index (χ4n) is 2.74.